The molecule has 2 aromatic heterocycles. The van der Waals surface area contributed by atoms with Gasteiger partial charge in [0.05, 0.1) is 16.8 Å². The lowest BCUT2D eigenvalue weighted by Gasteiger charge is -2.26. The number of carbonyl (C=O) groups is 2. The summed E-state index contributed by atoms with van der Waals surface area (Å²) < 4.78 is 2.95. The first kappa shape index (κ1) is 14.5. The maximum atomic E-state index is 12.2. The van der Waals surface area contributed by atoms with E-state index in [4.69, 9.17) is 0 Å². The summed E-state index contributed by atoms with van der Waals surface area (Å²) in [5, 5.41) is 4.74. The summed E-state index contributed by atoms with van der Waals surface area (Å²) in [6.45, 7) is 1.63. The fourth-order valence-electron chi connectivity index (χ4n) is 2.44. The molecule has 0 unspecified atom stereocenters. The van der Waals surface area contributed by atoms with Gasteiger partial charge in [-0.05, 0) is 17.5 Å². The number of nitrogens with one attached hydrogen (secondary N) is 1. The molecule has 2 aromatic rings. The third-order valence-electron chi connectivity index (χ3n) is 3.66. The zero-order valence-corrected chi connectivity index (χ0v) is 13.4. The average molecular weight is 323 g/mol. The summed E-state index contributed by atoms with van der Waals surface area (Å²) in [6, 6.07) is 3.87. The van der Waals surface area contributed by atoms with E-state index in [2.05, 4.69) is 5.32 Å². The number of hydrogen-bond donors (Lipinski definition) is 1. The molecule has 3 heterocycles. The van der Waals surface area contributed by atoms with Gasteiger partial charge in [0, 0.05) is 31.6 Å². The molecule has 0 spiro atoms. The van der Waals surface area contributed by atoms with Crippen molar-refractivity contribution in [2.45, 2.75) is 0 Å². The minimum absolute atomic E-state index is 0.000305. The third-order valence-corrected chi connectivity index (χ3v) is 5.46. The number of nitrogens with zero attached hydrogens (tertiary/aromatic N) is 2. The van der Waals surface area contributed by atoms with Crippen LogP contribution in [-0.4, -0.2) is 52.4 Å². The molecular formula is C14H17N3O2S2. The highest BCUT2D eigenvalue weighted by molar-refractivity contribution is 7.99. The van der Waals surface area contributed by atoms with Crippen molar-refractivity contribution in [2.24, 2.45) is 7.05 Å². The van der Waals surface area contributed by atoms with Crippen molar-refractivity contribution in [3.05, 3.63) is 23.2 Å². The molecular weight excluding hydrogens is 306 g/mol. The number of thiophene rings is 1. The first-order valence-electron chi connectivity index (χ1n) is 6.83. The van der Waals surface area contributed by atoms with Crippen molar-refractivity contribution in [1.82, 2.24) is 14.8 Å². The fourth-order valence-corrected chi connectivity index (χ4v) is 4.19. The normalized spacial score (nSPS) is 15.4. The Morgan fingerprint density at radius 1 is 1.33 bits per heavy atom. The number of amides is 2. The number of thioether (sulfide) groups is 1. The van der Waals surface area contributed by atoms with Crippen LogP contribution in [0.2, 0.25) is 0 Å². The lowest BCUT2D eigenvalue weighted by Crippen LogP contribution is -2.44. The molecule has 7 heteroatoms. The van der Waals surface area contributed by atoms with Gasteiger partial charge >= 0.3 is 0 Å². The zero-order chi connectivity index (χ0) is 14.8. The predicted molar refractivity (Wildman–Crippen MR) is 87.0 cm³/mol. The van der Waals surface area contributed by atoms with Crippen molar-refractivity contribution in [1.29, 1.82) is 0 Å². The van der Waals surface area contributed by atoms with Crippen LogP contribution in [0.15, 0.2) is 17.5 Å². The molecule has 1 fully saturated rings. The van der Waals surface area contributed by atoms with Crippen molar-refractivity contribution in [3.8, 4) is 0 Å². The molecule has 3 rings (SSSR count). The molecule has 0 atom stereocenters. The van der Waals surface area contributed by atoms with Crippen molar-refractivity contribution in [2.75, 3.05) is 31.1 Å². The lowest BCUT2D eigenvalue weighted by atomic mass is 10.3. The highest BCUT2D eigenvalue weighted by Gasteiger charge is 2.19. The number of hydrogen-bond acceptors (Lipinski definition) is 4. The van der Waals surface area contributed by atoms with Gasteiger partial charge in [-0.25, -0.2) is 0 Å². The Morgan fingerprint density at radius 2 is 2.10 bits per heavy atom. The van der Waals surface area contributed by atoms with Gasteiger partial charge in [0.15, 0.2) is 0 Å². The molecule has 2 amide bonds. The van der Waals surface area contributed by atoms with Crippen LogP contribution in [0.25, 0.3) is 10.2 Å². The van der Waals surface area contributed by atoms with Gasteiger partial charge in [-0.15, -0.1) is 11.3 Å². The van der Waals surface area contributed by atoms with Crippen molar-refractivity contribution < 1.29 is 9.59 Å². The van der Waals surface area contributed by atoms with Crippen LogP contribution in [0.5, 0.6) is 0 Å². The molecule has 1 N–H and O–H groups in total. The highest BCUT2D eigenvalue weighted by Crippen LogP contribution is 2.23. The number of aryl methyl sites for hydroxylation is 1. The standard InChI is InChI=1S/C14H17N3O2S2/c1-16-10-2-5-21-12(10)8-11(16)14(19)15-9-13(18)17-3-6-20-7-4-17/h2,5,8H,3-4,6-7,9H2,1H3,(H,15,19). The first-order chi connectivity index (χ1) is 10.2. The van der Waals surface area contributed by atoms with Crippen LogP contribution in [0.1, 0.15) is 10.5 Å². The van der Waals surface area contributed by atoms with E-state index in [1.807, 2.05) is 45.8 Å². The maximum absolute atomic E-state index is 12.2. The second-order valence-electron chi connectivity index (χ2n) is 4.93. The summed E-state index contributed by atoms with van der Waals surface area (Å²) in [4.78, 5) is 26.1. The van der Waals surface area contributed by atoms with Crippen LogP contribution in [0, 0.1) is 0 Å². The van der Waals surface area contributed by atoms with E-state index in [1.165, 1.54) is 0 Å². The van der Waals surface area contributed by atoms with Crippen LogP contribution >= 0.6 is 23.1 Å². The molecule has 5 nitrogen and oxygen atoms in total. The summed E-state index contributed by atoms with van der Waals surface area (Å²) in [7, 11) is 1.87. The smallest absolute Gasteiger partial charge is 0.268 e. The van der Waals surface area contributed by atoms with Crippen molar-refractivity contribution >= 4 is 45.1 Å². The van der Waals surface area contributed by atoms with Gasteiger partial charge in [-0.2, -0.15) is 11.8 Å². The third kappa shape index (κ3) is 2.94. The molecule has 1 aliphatic rings. The largest absolute Gasteiger partial charge is 0.342 e. The Kier molecular flexibility index (Phi) is 4.21. The number of rotatable bonds is 3. The predicted octanol–water partition coefficient (Wildman–Crippen LogP) is 1.54. The molecule has 112 valence electrons. The molecule has 21 heavy (non-hydrogen) atoms. The van der Waals surface area contributed by atoms with E-state index >= 15 is 0 Å². The van der Waals surface area contributed by atoms with Gasteiger partial charge < -0.3 is 14.8 Å². The SMILES string of the molecule is Cn1c(C(=O)NCC(=O)N2CCSCC2)cc2sccc21. The Balaban J connectivity index is 1.62. The topological polar surface area (TPSA) is 54.3 Å². The molecule has 1 saturated heterocycles. The van der Waals surface area contributed by atoms with Crippen LogP contribution in [0.3, 0.4) is 0 Å². The van der Waals surface area contributed by atoms with Gasteiger partial charge in [0.1, 0.15) is 5.69 Å². The van der Waals surface area contributed by atoms with Crippen LogP contribution in [0.4, 0.5) is 0 Å². The Morgan fingerprint density at radius 3 is 2.81 bits per heavy atom. The minimum Gasteiger partial charge on any atom is -0.342 e. The lowest BCUT2D eigenvalue weighted by molar-refractivity contribution is -0.129. The Hall–Kier alpha value is -1.47. The van der Waals surface area contributed by atoms with E-state index in [0.717, 1.165) is 34.8 Å². The van der Waals surface area contributed by atoms with E-state index in [0.29, 0.717) is 5.69 Å². The first-order valence-corrected chi connectivity index (χ1v) is 8.87. The summed E-state index contributed by atoms with van der Waals surface area (Å²) in [5.41, 5.74) is 1.64. The fraction of sp³-hybridized carbons (Fsp3) is 0.429. The van der Waals surface area contributed by atoms with Gasteiger partial charge in [-0.3, -0.25) is 9.59 Å². The monoisotopic (exact) mass is 323 g/mol. The average Bonchev–Trinajstić information content (AvgIpc) is 3.09. The van der Waals surface area contributed by atoms with Crippen LogP contribution in [-0.2, 0) is 11.8 Å². The second kappa shape index (κ2) is 6.11. The van der Waals surface area contributed by atoms with Gasteiger partial charge in [-0.1, -0.05) is 0 Å². The van der Waals surface area contributed by atoms with Crippen LogP contribution < -0.4 is 5.32 Å². The maximum Gasteiger partial charge on any atom is 0.268 e. The van der Waals surface area contributed by atoms with E-state index < -0.39 is 0 Å². The van der Waals surface area contributed by atoms with E-state index in [-0.39, 0.29) is 18.4 Å². The summed E-state index contributed by atoms with van der Waals surface area (Å²) in [6.07, 6.45) is 0. The number of carbonyl (C=O) groups excluding carboxylic acids is 2. The molecule has 0 aliphatic carbocycles. The Bertz CT molecular complexity index is 671. The zero-order valence-electron chi connectivity index (χ0n) is 11.8. The van der Waals surface area contributed by atoms with Gasteiger partial charge in [0.25, 0.3) is 5.91 Å². The number of aromatic nitrogens is 1. The molecule has 0 aromatic carbocycles. The second-order valence-corrected chi connectivity index (χ2v) is 7.11. The molecule has 0 bridgehead atoms. The molecule has 0 saturated carbocycles. The number of fused-ring (bicyclic) bond motifs is 1. The molecule has 1 aliphatic heterocycles. The van der Waals surface area contributed by atoms with E-state index in [9.17, 15) is 9.59 Å². The van der Waals surface area contributed by atoms with Gasteiger partial charge in [0.2, 0.25) is 5.91 Å². The summed E-state index contributed by atoms with van der Waals surface area (Å²) >= 11 is 3.47. The minimum atomic E-state index is -0.194. The highest BCUT2D eigenvalue weighted by atomic mass is 32.2. The van der Waals surface area contributed by atoms with E-state index in [1.54, 1.807) is 11.3 Å². The summed E-state index contributed by atoms with van der Waals surface area (Å²) in [5.74, 6) is 1.77. The quantitative estimate of drug-likeness (QED) is 0.932. The molecule has 0 radical (unpaired) electrons. The Labute approximate surface area is 131 Å². The van der Waals surface area contributed by atoms with Crippen molar-refractivity contribution in [3.63, 3.8) is 0 Å².